The highest BCUT2D eigenvalue weighted by Crippen LogP contribution is 2.34. The van der Waals surface area contributed by atoms with E-state index in [2.05, 4.69) is 4.98 Å². The van der Waals surface area contributed by atoms with Crippen LogP contribution in [0.2, 0.25) is 10.0 Å². The number of aromatic nitrogens is 2. The van der Waals surface area contributed by atoms with Gasteiger partial charge in [0.05, 0.1) is 16.4 Å². The van der Waals surface area contributed by atoms with Crippen molar-refractivity contribution in [1.82, 2.24) is 14.3 Å². The molecule has 0 aliphatic rings. The van der Waals surface area contributed by atoms with E-state index in [4.69, 9.17) is 28.9 Å². The average Bonchev–Trinajstić information content (AvgIpc) is 3.11. The molecule has 2 aromatic heterocycles. The van der Waals surface area contributed by atoms with Crippen LogP contribution in [0.25, 0.3) is 22.2 Å². The lowest BCUT2D eigenvalue weighted by molar-refractivity contribution is -0.154. The average molecular weight is 529 g/mol. The zero-order chi connectivity index (χ0) is 24.7. The van der Waals surface area contributed by atoms with Crippen LogP contribution in [0, 0.1) is 0 Å². The lowest BCUT2D eigenvalue weighted by Crippen LogP contribution is -2.48. The molecule has 0 spiro atoms. The lowest BCUT2D eigenvalue weighted by Gasteiger charge is -2.23. The van der Waals surface area contributed by atoms with Crippen molar-refractivity contribution in [3.8, 4) is 11.3 Å². The molecule has 3 N–H and O–H groups in total. The molecule has 0 radical (unpaired) electrons. The summed E-state index contributed by atoms with van der Waals surface area (Å²) in [6.07, 6.45) is -1.82. The molecule has 0 aliphatic heterocycles. The van der Waals surface area contributed by atoms with Gasteiger partial charge in [-0.05, 0) is 30.3 Å². The molecule has 0 bridgehead atoms. The zero-order valence-electron chi connectivity index (χ0n) is 17.2. The first-order valence-electron chi connectivity index (χ1n) is 9.80. The fraction of sp³-hybridized carbons (Fsp3) is 0.136. The van der Waals surface area contributed by atoms with Crippen molar-refractivity contribution in [3.05, 3.63) is 77.0 Å². The van der Waals surface area contributed by atoms with Gasteiger partial charge in [0, 0.05) is 40.4 Å². The van der Waals surface area contributed by atoms with Gasteiger partial charge in [0.25, 0.3) is 0 Å². The minimum absolute atomic E-state index is 0.0506. The summed E-state index contributed by atoms with van der Waals surface area (Å²) >= 11 is 11.7. The van der Waals surface area contributed by atoms with Crippen LogP contribution in [-0.4, -0.2) is 30.2 Å². The number of para-hydroxylation sites is 1. The fourth-order valence-electron chi connectivity index (χ4n) is 3.64. The zero-order valence-corrected chi connectivity index (χ0v) is 19.6. The van der Waals surface area contributed by atoms with Crippen LogP contribution in [-0.2, 0) is 16.6 Å². The Morgan fingerprint density at radius 3 is 2.44 bits per heavy atom. The number of rotatable bonds is 6. The molecule has 12 heteroatoms. The fourth-order valence-corrected chi connectivity index (χ4v) is 5.84. The number of pyridine rings is 1. The Morgan fingerprint density at radius 2 is 1.79 bits per heavy atom. The van der Waals surface area contributed by atoms with Crippen molar-refractivity contribution < 1.29 is 21.6 Å². The van der Waals surface area contributed by atoms with E-state index in [1.807, 2.05) is 0 Å². The highest BCUT2D eigenvalue weighted by Gasteiger charge is 2.43. The van der Waals surface area contributed by atoms with Crippen LogP contribution in [0.1, 0.15) is 0 Å². The molecule has 0 aliphatic carbocycles. The third kappa shape index (κ3) is 4.85. The summed E-state index contributed by atoms with van der Waals surface area (Å²) in [6, 6.07) is 11.8. The maximum Gasteiger partial charge on any atom is 0.406 e. The predicted octanol–water partition coefficient (Wildman–Crippen LogP) is 5.50. The first-order valence-corrected chi connectivity index (χ1v) is 12.0. The van der Waals surface area contributed by atoms with E-state index in [1.54, 1.807) is 53.4 Å². The number of hydrogen-bond acceptors (Lipinski definition) is 4. The highest BCUT2D eigenvalue weighted by atomic mass is 35.5. The summed E-state index contributed by atoms with van der Waals surface area (Å²) in [6.45, 7) is -0.735. The molecule has 2 heterocycles. The van der Waals surface area contributed by atoms with E-state index >= 15 is 0 Å². The van der Waals surface area contributed by atoms with E-state index < -0.39 is 33.7 Å². The number of nitrogens with two attached hydrogens (primary N) is 1. The van der Waals surface area contributed by atoms with Crippen molar-refractivity contribution in [2.24, 2.45) is 0 Å². The van der Waals surface area contributed by atoms with Crippen LogP contribution in [0.5, 0.6) is 0 Å². The molecule has 0 amide bonds. The van der Waals surface area contributed by atoms with Gasteiger partial charge in [-0.15, -0.1) is 0 Å². The summed E-state index contributed by atoms with van der Waals surface area (Å²) in [7, 11) is -4.75. The number of nitrogens with one attached hydrogen (secondary N) is 1. The second-order valence-electron chi connectivity index (χ2n) is 7.45. The molecule has 4 rings (SSSR count). The van der Waals surface area contributed by atoms with Crippen LogP contribution in [0.4, 0.5) is 18.9 Å². The number of halogens is 5. The Balaban J connectivity index is 1.75. The van der Waals surface area contributed by atoms with E-state index in [-0.39, 0.29) is 15.7 Å². The Labute approximate surface area is 203 Å². The number of benzene rings is 2. The van der Waals surface area contributed by atoms with Gasteiger partial charge in [0.2, 0.25) is 10.0 Å². The van der Waals surface area contributed by atoms with Crippen LogP contribution in [0.15, 0.2) is 71.9 Å². The summed E-state index contributed by atoms with van der Waals surface area (Å²) in [5.41, 5.74) is 7.01. The minimum Gasteiger partial charge on any atom is -0.398 e. The molecule has 34 heavy (non-hydrogen) atoms. The lowest BCUT2D eigenvalue weighted by atomic mass is 10.1. The van der Waals surface area contributed by atoms with Gasteiger partial charge >= 0.3 is 6.18 Å². The Morgan fingerprint density at radius 1 is 1.09 bits per heavy atom. The maximum atomic E-state index is 14.0. The molecule has 0 fully saturated rings. The maximum absolute atomic E-state index is 14.0. The third-order valence-corrected chi connectivity index (χ3v) is 7.32. The van der Waals surface area contributed by atoms with Crippen molar-refractivity contribution in [2.45, 2.75) is 23.7 Å². The molecular weight excluding hydrogens is 512 g/mol. The summed E-state index contributed by atoms with van der Waals surface area (Å²) in [4.78, 5) is 3.61. The van der Waals surface area contributed by atoms with Gasteiger partial charge in [-0.2, -0.15) is 17.9 Å². The second kappa shape index (κ2) is 9.10. The highest BCUT2D eigenvalue weighted by molar-refractivity contribution is 7.89. The largest absolute Gasteiger partial charge is 0.406 e. The molecule has 4 aromatic rings. The first kappa shape index (κ1) is 24.3. The molecule has 0 saturated carbocycles. The van der Waals surface area contributed by atoms with Gasteiger partial charge in [0.15, 0.2) is 0 Å². The van der Waals surface area contributed by atoms with Crippen molar-refractivity contribution >= 4 is 49.8 Å². The molecule has 1 unspecified atom stereocenters. The standard InChI is InChI=1S/C22H17Cl2F3N4O2S/c23-13-9-16(24)21(17(28)10-13)34(32,33)30-20(22(25,26)27)12-31-11-15(18-6-3-4-8-29-18)14-5-1-2-7-19(14)31/h1-11,20,30H,12,28H2. The van der Waals surface area contributed by atoms with Gasteiger partial charge in [-0.25, -0.2) is 8.42 Å². The predicted molar refractivity (Wildman–Crippen MR) is 126 cm³/mol. The molecule has 178 valence electrons. The van der Waals surface area contributed by atoms with Crippen LogP contribution >= 0.6 is 23.2 Å². The number of fused-ring (bicyclic) bond motifs is 1. The van der Waals surface area contributed by atoms with E-state index in [0.29, 0.717) is 22.2 Å². The van der Waals surface area contributed by atoms with Gasteiger partial charge < -0.3 is 10.3 Å². The van der Waals surface area contributed by atoms with Gasteiger partial charge in [-0.1, -0.05) is 47.5 Å². The number of nitrogens with zero attached hydrogens (tertiary/aromatic N) is 2. The number of alkyl halides is 3. The Hall–Kier alpha value is -2.79. The Bertz CT molecular complexity index is 1440. The molecule has 0 saturated heterocycles. The van der Waals surface area contributed by atoms with E-state index in [9.17, 15) is 21.6 Å². The molecule has 6 nitrogen and oxygen atoms in total. The quantitative estimate of drug-likeness (QED) is 0.323. The van der Waals surface area contributed by atoms with Crippen LogP contribution in [0.3, 0.4) is 0 Å². The topological polar surface area (TPSA) is 90.0 Å². The van der Waals surface area contributed by atoms with Crippen LogP contribution < -0.4 is 10.5 Å². The molecule has 1 atom stereocenters. The SMILES string of the molecule is Nc1cc(Cl)cc(Cl)c1S(=O)(=O)NC(Cn1cc(-c2ccccn2)c2ccccc21)C(F)(F)F. The van der Waals surface area contributed by atoms with E-state index in [1.165, 1.54) is 10.8 Å². The number of sulfonamides is 1. The number of anilines is 1. The van der Waals surface area contributed by atoms with Gasteiger partial charge in [-0.3, -0.25) is 4.98 Å². The monoisotopic (exact) mass is 528 g/mol. The van der Waals surface area contributed by atoms with Crippen molar-refractivity contribution in [2.75, 3.05) is 5.73 Å². The summed E-state index contributed by atoms with van der Waals surface area (Å²) in [5, 5.41) is 0.340. The normalized spacial score (nSPS) is 13.3. The minimum atomic E-state index is -4.92. The van der Waals surface area contributed by atoms with Gasteiger partial charge in [0.1, 0.15) is 10.9 Å². The number of hydrogen-bond donors (Lipinski definition) is 2. The summed E-state index contributed by atoms with van der Waals surface area (Å²) < 4.78 is 70.9. The van der Waals surface area contributed by atoms with Crippen molar-refractivity contribution in [3.63, 3.8) is 0 Å². The summed E-state index contributed by atoms with van der Waals surface area (Å²) in [5.74, 6) is 0. The Kier molecular flexibility index (Phi) is 6.52. The smallest absolute Gasteiger partial charge is 0.398 e. The van der Waals surface area contributed by atoms with E-state index in [0.717, 1.165) is 12.1 Å². The molecular formula is C22H17Cl2F3N4O2S. The van der Waals surface area contributed by atoms with Crippen molar-refractivity contribution in [1.29, 1.82) is 0 Å². The second-order valence-corrected chi connectivity index (χ2v) is 9.94. The number of nitrogen functional groups attached to an aromatic ring is 1. The first-order chi connectivity index (χ1) is 16.0. The third-order valence-electron chi connectivity index (χ3n) is 5.11. The molecule has 2 aromatic carbocycles.